The second kappa shape index (κ2) is 8.98. The first kappa shape index (κ1) is 21.2. The molecule has 0 spiro atoms. The number of anilines is 1. The lowest BCUT2D eigenvalue weighted by atomic mass is 10.0. The molecule has 0 atom stereocenters. The van der Waals surface area contributed by atoms with Crippen molar-refractivity contribution in [2.45, 2.75) is 13.8 Å². The molecule has 4 aromatic rings. The molecule has 4 rings (SSSR count). The number of nitrogens with zero attached hydrogens (tertiary/aromatic N) is 2. The molecule has 0 saturated heterocycles. The smallest absolute Gasteiger partial charge is 0.276 e. The second-order valence-corrected chi connectivity index (χ2v) is 7.51. The zero-order valence-electron chi connectivity index (χ0n) is 18.5. The number of aromatic nitrogens is 2. The van der Waals surface area contributed by atoms with E-state index >= 15 is 0 Å². The summed E-state index contributed by atoms with van der Waals surface area (Å²) in [7, 11) is 3.18. The lowest BCUT2D eigenvalue weighted by Gasteiger charge is -2.11. The third-order valence-corrected chi connectivity index (χ3v) is 5.29. The van der Waals surface area contributed by atoms with Gasteiger partial charge < -0.3 is 14.8 Å². The van der Waals surface area contributed by atoms with Gasteiger partial charge >= 0.3 is 0 Å². The summed E-state index contributed by atoms with van der Waals surface area (Å²) in [4.78, 5) is 13.4. The van der Waals surface area contributed by atoms with Crippen molar-refractivity contribution in [3.05, 3.63) is 89.7 Å². The number of para-hydroxylation sites is 1. The van der Waals surface area contributed by atoms with Gasteiger partial charge in [0.25, 0.3) is 5.91 Å². The lowest BCUT2D eigenvalue weighted by Crippen LogP contribution is -2.15. The van der Waals surface area contributed by atoms with E-state index in [0.29, 0.717) is 22.8 Å². The number of methoxy groups -OCH3 is 2. The number of benzene rings is 3. The second-order valence-electron chi connectivity index (χ2n) is 7.51. The van der Waals surface area contributed by atoms with E-state index in [4.69, 9.17) is 9.47 Å². The molecule has 3 aromatic carbocycles. The average molecular weight is 428 g/mol. The van der Waals surface area contributed by atoms with Crippen LogP contribution < -0.4 is 14.8 Å². The van der Waals surface area contributed by atoms with Gasteiger partial charge in [-0.3, -0.25) is 4.79 Å². The molecule has 6 heteroatoms. The van der Waals surface area contributed by atoms with Gasteiger partial charge in [0.2, 0.25) is 0 Å². The van der Waals surface area contributed by atoms with Crippen molar-refractivity contribution in [1.29, 1.82) is 0 Å². The summed E-state index contributed by atoms with van der Waals surface area (Å²) in [5.41, 5.74) is 5.50. The largest absolute Gasteiger partial charge is 0.493 e. The van der Waals surface area contributed by atoms with Crippen molar-refractivity contribution in [2.24, 2.45) is 0 Å². The Bertz CT molecular complexity index is 1260. The molecule has 1 heterocycles. The highest BCUT2D eigenvalue weighted by Crippen LogP contribution is 2.34. The molecule has 0 aliphatic carbocycles. The van der Waals surface area contributed by atoms with Crippen molar-refractivity contribution in [2.75, 3.05) is 19.5 Å². The van der Waals surface area contributed by atoms with Crippen molar-refractivity contribution in [3.63, 3.8) is 0 Å². The predicted octanol–water partition coefficient (Wildman–Crippen LogP) is 5.43. The Kier molecular flexibility index (Phi) is 5.94. The molecule has 1 amide bonds. The van der Waals surface area contributed by atoms with Crippen molar-refractivity contribution >= 4 is 11.6 Å². The number of aryl methyl sites for hydroxylation is 2. The fourth-order valence-electron chi connectivity index (χ4n) is 3.52. The Morgan fingerprint density at radius 3 is 2.38 bits per heavy atom. The number of nitrogens with one attached hydrogen (secondary N) is 1. The van der Waals surface area contributed by atoms with E-state index in [1.165, 1.54) is 0 Å². The van der Waals surface area contributed by atoms with Crippen LogP contribution >= 0.6 is 0 Å². The molecule has 0 bridgehead atoms. The maximum Gasteiger partial charge on any atom is 0.276 e. The van der Waals surface area contributed by atoms with Gasteiger partial charge in [-0.2, -0.15) is 5.10 Å². The monoisotopic (exact) mass is 427 g/mol. The van der Waals surface area contributed by atoms with Gasteiger partial charge in [0, 0.05) is 17.4 Å². The summed E-state index contributed by atoms with van der Waals surface area (Å²) < 4.78 is 12.5. The topological polar surface area (TPSA) is 65.4 Å². The first-order valence-electron chi connectivity index (χ1n) is 10.3. The molecule has 0 saturated carbocycles. The third kappa shape index (κ3) is 4.21. The standard InChI is InChI=1S/C26H25N3O3/c1-17-10-11-18(2)22(14-17)27-26(30)25-21(16-29(28-25)20-8-6-5-7-9-20)19-12-13-23(31-3)24(15-19)32-4/h5-16H,1-4H3,(H,27,30). The van der Waals surface area contributed by atoms with Gasteiger partial charge in [0.1, 0.15) is 0 Å². The Morgan fingerprint density at radius 1 is 0.906 bits per heavy atom. The van der Waals surface area contributed by atoms with Crippen LogP contribution in [0.1, 0.15) is 21.6 Å². The van der Waals surface area contributed by atoms with Crippen LogP contribution in [0.2, 0.25) is 0 Å². The zero-order valence-corrected chi connectivity index (χ0v) is 18.5. The fourth-order valence-corrected chi connectivity index (χ4v) is 3.52. The van der Waals surface area contributed by atoms with Crippen LogP contribution in [0, 0.1) is 13.8 Å². The quantitative estimate of drug-likeness (QED) is 0.446. The molecule has 162 valence electrons. The van der Waals surface area contributed by atoms with Gasteiger partial charge in [-0.05, 0) is 60.9 Å². The maximum atomic E-state index is 13.4. The molecule has 6 nitrogen and oxygen atoms in total. The summed E-state index contributed by atoms with van der Waals surface area (Å²) in [5, 5.41) is 7.66. The summed E-state index contributed by atoms with van der Waals surface area (Å²) in [6, 6.07) is 21.2. The van der Waals surface area contributed by atoms with Gasteiger partial charge in [-0.1, -0.05) is 36.4 Å². The Balaban J connectivity index is 1.81. The Hall–Kier alpha value is -4.06. The number of hydrogen-bond donors (Lipinski definition) is 1. The minimum absolute atomic E-state index is 0.279. The van der Waals surface area contributed by atoms with E-state index < -0.39 is 0 Å². The molecular weight excluding hydrogens is 402 g/mol. The lowest BCUT2D eigenvalue weighted by molar-refractivity contribution is 0.102. The highest BCUT2D eigenvalue weighted by Gasteiger charge is 2.21. The minimum atomic E-state index is -0.279. The first-order chi connectivity index (χ1) is 15.5. The van der Waals surface area contributed by atoms with Gasteiger partial charge in [-0.25, -0.2) is 4.68 Å². The molecule has 1 N–H and O–H groups in total. The normalized spacial score (nSPS) is 10.6. The Morgan fingerprint density at radius 2 is 1.66 bits per heavy atom. The van der Waals surface area contributed by atoms with Crippen molar-refractivity contribution in [1.82, 2.24) is 9.78 Å². The molecule has 0 aliphatic heterocycles. The molecule has 0 fully saturated rings. The van der Waals surface area contributed by atoms with Crippen molar-refractivity contribution in [3.8, 4) is 28.3 Å². The van der Waals surface area contributed by atoms with E-state index in [9.17, 15) is 4.79 Å². The van der Waals surface area contributed by atoms with E-state index in [1.807, 2.05) is 86.8 Å². The van der Waals surface area contributed by atoms with Crippen LogP contribution in [0.5, 0.6) is 11.5 Å². The fraction of sp³-hybridized carbons (Fsp3) is 0.154. The number of hydrogen-bond acceptors (Lipinski definition) is 4. The first-order valence-corrected chi connectivity index (χ1v) is 10.3. The highest BCUT2D eigenvalue weighted by molar-refractivity contribution is 6.07. The summed E-state index contributed by atoms with van der Waals surface area (Å²) in [6.45, 7) is 3.96. The van der Waals surface area contributed by atoms with E-state index in [1.54, 1.807) is 18.9 Å². The van der Waals surface area contributed by atoms with Gasteiger partial charge in [0.15, 0.2) is 17.2 Å². The van der Waals surface area contributed by atoms with Gasteiger partial charge in [-0.15, -0.1) is 0 Å². The SMILES string of the molecule is COc1ccc(-c2cn(-c3ccccc3)nc2C(=O)Nc2cc(C)ccc2C)cc1OC. The summed E-state index contributed by atoms with van der Waals surface area (Å²) in [6.07, 6.45) is 1.86. The van der Waals surface area contributed by atoms with Crippen LogP contribution in [0.25, 0.3) is 16.8 Å². The number of carbonyl (C=O) groups excluding carboxylic acids is 1. The highest BCUT2D eigenvalue weighted by atomic mass is 16.5. The molecule has 32 heavy (non-hydrogen) atoms. The van der Waals surface area contributed by atoms with Gasteiger partial charge in [0.05, 0.1) is 19.9 Å². The number of carbonyl (C=O) groups is 1. The molecule has 0 unspecified atom stereocenters. The van der Waals surface area contributed by atoms with E-state index in [2.05, 4.69) is 10.4 Å². The molecule has 0 radical (unpaired) electrons. The average Bonchev–Trinajstić information content (AvgIpc) is 3.27. The van der Waals surface area contributed by atoms with Crippen molar-refractivity contribution < 1.29 is 14.3 Å². The molecule has 0 aliphatic rings. The zero-order chi connectivity index (χ0) is 22.7. The Labute approximate surface area is 187 Å². The summed E-state index contributed by atoms with van der Waals surface area (Å²) in [5.74, 6) is 0.921. The number of ether oxygens (including phenoxy) is 2. The molecular formula is C26H25N3O3. The molecule has 1 aromatic heterocycles. The predicted molar refractivity (Wildman–Crippen MR) is 126 cm³/mol. The maximum absolute atomic E-state index is 13.4. The van der Waals surface area contributed by atoms with Crippen LogP contribution in [-0.4, -0.2) is 29.9 Å². The summed E-state index contributed by atoms with van der Waals surface area (Å²) >= 11 is 0. The van der Waals surface area contributed by atoms with Crippen LogP contribution in [0.4, 0.5) is 5.69 Å². The van der Waals surface area contributed by atoms with Crippen LogP contribution in [0.15, 0.2) is 72.9 Å². The van der Waals surface area contributed by atoms with Crippen LogP contribution in [0.3, 0.4) is 0 Å². The van der Waals surface area contributed by atoms with E-state index in [-0.39, 0.29) is 5.91 Å². The third-order valence-electron chi connectivity index (χ3n) is 5.29. The van der Waals surface area contributed by atoms with E-state index in [0.717, 1.165) is 28.1 Å². The van der Waals surface area contributed by atoms with Crippen LogP contribution in [-0.2, 0) is 0 Å². The number of amides is 1. The number of rotatable bonds is 6. The minimum Gasteiger partial charge on any atom is -0.493 e.